The van der Waals surface area contributed by atoms with Gasteiger partial charge in [-0.2, -0.15) is 0 Å². The molecule has 0 saturated carbocycles. The normalized spacial score (nSPS) is 10.9. The van der Waals surface area contributed by atoms with Gasteiger partial charge in [-0.1, -0.05) is 18.2 Å². The highest BCUT2D eigenvalue weighted by molar-refractivity contribution is 5.95. The molecule has 4 rings (SSSR count). The number of nitrogens with zero attached hydrogens (tertiary/aromatic N) is 5. The van der Waals surface area contributed by atoms with Gasteiger partial charge in [-0.25, -0.2) is 9.97 Å². The van der Waals surface area contributed by atoms with Crippen molar-refractivity contribution < 1.29 is 9.66 Å². The third-order valence-electron chi connectivity index (χ3n) is 5.45. The zero-order valence-electron chi connectivity index (χ0n) is 18.4. The highest BCUT2D eigenvalue weighted by Gasteiger charge is 2.22. The van der Waals surface area contributed by atoms with E-state index in [0.29, 0.717) is 29.6 Å². The van der Waals surface area contributed by atoms with Gasteiger partial charge in [0.1, 0.15) is 11.4 Å². The van der Waals surface area contributed by atoms with E-state index in [1.807, 2.05) is 38.4 Å². The Bertz CT molecular complexity index is 1300. The Kier molecular flexibility index (Phi) is 5.63. The van der Waals surface area contributed by atoms with Crippen molar-refractivity contribution in [2.75, 3.05) is 30.9 Å². The van der Waals surface area contributed by atoms with Gasteiger partial charge in [0.15, 0.2) is 0 Å². The lowest BCUT2D eigenvalue weighted by Crippen LogP contribution is -2.17. The molecular formula is C23H24N6O3. The fourth-order valence-corrected chi connectivity index (χ4v) is 3.68. The van der Waals surface area contributed by atoms with Crippen molar-refractivity contribution in [1.29, 1.82) is 0 Å². The van der Waals surface area contributed by atoms with Crippen molar-refractivity contribution in [3.05, 3.63) is 65.0 Å². The number of nitro benzene ring substituents is 1. The predicted molar refractivity (Wildman–Crippen MR) is 126 cm³/mol. The van der Waals surface area contributed by atoms with Crippen LogP contribution in [0.2, 0.25) is 0 Å². The average Bonchev–Trinajstić information content (AvgIpc) is 3.15. The van der Waals surface area contributed by atoms with E-state index in [0.717, 1.165) is 22.2 Å². The van der Waals surface area contributed by atoms with Gasteiger partial charge in [0.25, 0.3) is 5.69 Å². The van der Waals surface area contributed by atoms with Gasteiger partial charge in [-0.3, -0.25) is 10.1 Å². The van der Waals surface area contributed by atoms with Gasteiger partial charge in [-0.05, 0) is 19.1 Å². The summed E-state index contributed by atoms with van der Waals surface area (Å²) in [4.78, 5) is 22.0. The molecule has 1 N–H and O–H groups in total. The Balaban J connectivity index is 1.75. The van der Waals surface area contributed by atoms with Crippen LogP contribution in [0, 0.1) is 10.1 Å². The van der Waals surface area contributed by atoms with Crippen molar-refractivity contribution >= 4 is 33.9 Å². The zero-order chi connectivity index (χ0) is 22.8. The highest BCUT2D eigenvalue weighted by atomic mass is 16.6. The van der Waals surface area contributed by atoms with Crippen molar-refractivity contribution in [2.45, 2.75) is 6.92 Å². The molecule has 0 unspecified atom stereocenters. The molecule has 2 aromatic heterocycles. The van der Waals surface area contributed by atoms with Gasteiger partial charge < -0.3 is 19.5 Å². The Hall–Kier alpha value is -4.14. The molecule has 9 heteroatoms. The minimum absolute atomic E-state index is 0.0251. The number of fused-ring (bicyclic) bond motifs is 1. The molecule has 0 aliphatic heterocycles. The summed E-state index contributed by atoms with van der Waals surface area (Å²) in [5.74, 6) is 0.782. The number of para-hydroxylation sites is 1. The van der Waals surface area contributed by atoms with Crippen LogP contribution >= 0.6 is 0 Å². The summed E-state index contributed by atoms with van der Waals surface area (Å²) in [6.07, 6.45) is 3.68. The second kappa shape index (κ2) is 8.54. The quantitative estimate of drug-likeness (QED) is 0.332. The lowest BCUT2D eigenvalue weighted by molar-refractivity contribution is -0.384. The van der Waals surface area contributed by atoms with Crippen LogP contribution in [0.1, 0.15) is 6.92 Å². The molecule has 2 heterocycles. The first-order valence-electron chi connectivity index (χ1n) is 10.1. The summed E-state index contributed by atoms with van der Waals surface area (Å²) in [5.41, 5.74) is 3.70. The van der Waals surface area contributed by atoms with Gasteiger partial charge in [0, 0.05) is 61.6 Å². The molecule has 4 aromatic rings. The summed E-state index contributed by atoms with van der Waals surface area (Å²) < 4.78 is 7.54. The lowest BCUT2D eigenvalue weighted by Gasteiger charge is -2.19. The van der Waals surface area contributed by atoms with E-state index in [4.69, 9.17) is 4.74 Å². The van der Waals surface area contributed by atoms with Crippen LogP contribution in [0.25, 0.3) is 22.2 Å². The maximum atomic E-state index is 11.7. The highest BCUT2D eigenvalue weighted by Crippen LogP contribution is 2.39. The minimum atomic E-state index is -0.403. The molecule has 0 aliphatic carbocycles. The van der Waals surface area contributed by atoms with Gasteiger partial charge >= 0.3 is 0 Å². The van der Waals surface area contributed by atoms with Crippen LogP contribution in [-0.2, 0) is 7.05 Å². The second-order valence-electron chi connectivity index (χ2n) is 7.37. The summed E-state index contributed by atoms with van der Waals surface area (Å²) in [6.45, 7) is 2.54. The smallest absolute Gasteiger partial charge is 0.294 e. The molecule has 0 spiro atoms. The number of aryl methyl sites for hydroxylation is 1. The second-order valence-corrected chi connectivity index (χ2v) is 7.37. The lowest BCUT2D eigenvalue weighted by atomic mass is 10.1. The van der Waals surface area contributed by atoms with Crippen molar-refractivity contribution in [1.82, 2.24) is 14.5 Å². The Labute approximate surface area is 185 Å². The molecule has 0 amide bonds. The molecule has 0 aliphatic rings. The van der Waals surface area contributed by atoms with Gasteiger partial charge in [0.2, 0.25) is 5.95 Å². The summed E-state index contributed by atoms with van der Waals surface area (Å²) in [6, 6.07) is 13.0. The Morgan fingerprint density at radius 2 is 2.03 bits per heavy atom. The fourth-order valence-electron chi connectivity index (χ4n) is 3.68. The predicted octanol–water partition coefficient (Wildman–Crippen LogP) is 4.75. The number of nitro groups is 1. The minimum Gasteiger partial charge on any atom is -0.494 e. The van der Waals surface area contributed by atoms with Crippen LogP contribution in [0.4, 0.5) is 23.0 Å². The van der Waals surface area contributed by atoms with Crippen LogP contribution in [0.5, 0.6) is 5.75 Å². The SMILES string of the molecule is CCN(C)c1cc(OC)c(Nc2nccc(-c3cn(C)c4ccccc34)n2)cc1[N+](=O)[O-]. The van der Waals surface area contributed by atoms with Crippen LogP contribution in [0.15, 0.2) is 54.9 Å². The number of nitrogens with one attached hydrogen (secondary N) is 1. The Morgan fingerprint density at radius 3 is 2.75 bits per heavy atom. The topological polar surface area (TPSA) is 98.3 Å². The largest absolute Gasteiger partial charge is 0.494 e. The molecule has 0 saturated heterocycles. The molecule has 0 bridgehead atoms. The monoisotopic (exact) mass is 432 g/mol. The molecule has 164 valence electrons. The maximum Gasteiger partial charge on any atom is 0.294 e. The molecule has 0 fully saturated rings. The number of anilines is 3. The van der Waals surface area contributed by atoms with E-state index in [1.165, 1.54) is 13.2 Å². The van der Waals surface area contributed by atoms with Gasteiger partial charge in [-0.15, -0.1) is 0 Å². The van der Waals surface area contributed by atoms with E-state index < -0.39 is 4.92 Å². The summed E-state index contributed by atoms with van der Waals surface area (Å²) >= 11 is 0. The first-order chi connectivity index (χ1) is 15.4. The molecular weight excluding hydrogens is 408 g/mol. The maximum absolute atomic E-state index is 11.7. The van der Waals surface area contributed by atoms with E-state index in [-0.39, 0.29) is 5.69 Å². The molecule has 9 nitrogen and oxygen atoms in total. The van der Waals surface area contributed by atoms with Crippen LogP contribution < -0.4 is 15.0 Å². The van der Waals surface area contributed by atoms with E-state index in [9.17, 15) is 10.1 Å². The van der Waals surface area contributed by atoms with E-state index in [1.54, 1.807) is 24.2 Å². The van der Waals surface area contributed by atoms with E-state index >= 15 is 0 Å². The van der Waals surface area contributed by atoms with E-state index in [2.05, 4.69) is 32.0 Å². The number of benzene rings is 2. The van der Waals surface area contributed by atoms with Gasteiger partial charge in [0.05, 0.1) is 23.4 Å². The molecule has 0 radical (unpaired) electrons. The fraction of sp³-hybridized carbons (Fsp3) is 0.217. The number of methoxy groups -OCH3 is 1. The van der Waals surface area contributed by atoms with Crippen molar-refractivity contribution in [2.24, 2.45) is 7.05 Å². The van der Waals surface area contributed by atoms with Crippen LogP contribution in [-0.4, -0.2) is 40.2 Å². The Morgan fingerprint density at radius 1 is 1.25 bits per heavy atom. The standard InChI is InChI=1S/C23H24N6O3/c1-5-27(2)20-13-22(32-4)18(12-21(20)29(30)31)26-23-24-11-10-17(25-23)16-14-28(3)19-9-7-6-8-15(16)19/h6-14H,5H2,1-4H3,(H,24,25,26). The molecule has 32 heavy (non-hydrogen) atoms. The number of rotatable bonds is 7. The number of ether oxygens (including phenoxy) is 1. The first kappa shape index (κ1) is 21.1. The van der Waals surface area contributed by atoms with Crippen molar-refractivity contribution in [3.63, 3.8) is 0 Å². The number of hydrogen-bond acceptors (Lipinski definition) is 7. The zero-order valence-corrected chi connectivity index (χ0v) is 18.4. The molecule has 2 aromatic carbocycles. The third kappa shape index (κ3) is 3.80. The summed E-state index contributed by atoms with van der Waals surface area (Å²) in [5, 5.41) is 15.9. The molecule has 0 atom stereocenters. The average molecular weight is 432 g/mol. The number of hydrogen-bond donors (Lipinski definition) is 1. The number of aromatic nitrogens is 3. The van der Waals surface area contributed by atoms with Crippen molar-refractivity contribution in [3.8, 4) is 17.0 Å². The summed E-state index contributed by atoms with van der Waals surface area (Å²) in [7, 11) is 5.31. The first-order valence-corrected chi connectivity index (χ1v) is 10.1. The van der Waals surface area contributed by atoms with Crippen LogP contribution in [0.3, 0.4) is 0 Å². The third-order valence-corrected chi connectivity index (χ3v) is 5.45.